The highest BCUT2D eigenvalue weighted by atomic mass is 31.2. The molecule has 2 heterocycles. The molecule has 21 heavy (non-hydrogen) atoms. The fourth-order valence-electron chi connectivity index (χ4n) is 3.45. The summed E-state index contributed by atoms with van der Waals surface area (Å²) in [5.74, 6) is -0.342. The van der Waals surface area contributed by atoms with Crippen molar-refractivity contribution >= 4 is 18.4 Å². The number of benzene rings is 1. The van der Waals surface area contributed by atoms with Crippen molar-refractivity contribution in [3.05, 3.63) is 30.3 Å². The van der Waals surface area contributed by atoms with E-state index < -0.39 is 13.2 Å². The SMILES string of the molecule is CCOC(=O)[C@H]1[C@H]2[C@H](CC[P@]2(=O)c2ccccc2)ON1C. The van der Waals surface area contributed by atoms with Crippen LogP contribution in [0.15, 0.2) is 30.3 Å². The third kappa shape index (κ3) is 2.33. The number of rotatable bonds is 3. The van der Waals surface area contributed by atoms with Crippen molar-refractivity contribution in [1.29, 1.82) is 0 Å². The highest BCUT2D eigenvalue weighted by Gasteiger charge is 2.59. The number of hydrogen-bond donors (Lipinski definition) is 0. The van der Waals surface area contributed by atoms with Crippen LogP contribution in [0.5, 0.6) is 0 Å². The molecule has 0 amide bonds. The van der Waals surface area contributed by atoms with Crippen LogP contribution in [0.1, 0.15) is 13.3 Å². The molecule has 4 atom stereocenters. The van der Waals surface area contributed by atoms with E-state index in [1.54, 1.807) is 14.0 Å². The third-order valence-corrected chi connectivity index (χ3v) is 8.02. The van der Waals surface area contributed by atoms with Crippen LogP contribution in [0.3, 0.4) is 0 Å². The molecule has 1 aromatic carbocycles. The largest absolute Gasteiger partial charge is 0.465 e. The van der Waals surface area contributed by atoms with E-state index in [1.165, 1.54) is 5.06 Å². The van der Waals surface area contributed by atoms with Crippen LogP contribution >= 0.6 is 7.14 Å². The lowest BCUT2D eigenvalue weighted by molar-refractivity contribution is -0.171. The number of carbonyl (C=O) groups excluding carboxylic acids is 1. The number of carbonyl (C=O) groups is 1. The van der Waals surface area contributed by atoms with E-state index in [-0.39, 0.29) is 17.7 Å². The molecule has 0 N–H and O–H groups in total. The summed E-state index contributed by atoms with van der Waals surface area (Å²) in [5, 5.41) is 2.37. The third-order valence-electron chi connectivity index (χ3n) is 4.35. The summed E-state index contributed by atoms with van der Waals surface area (Å²) in [6.07, 6.45) is 1.16. The lowest BCUT2D eigenvalue weighted by Crippen LogP contribution is -2.42. The minimum absolute atomic E-state index is 0.157. The van der Waals surface area contributed by atoms with Crippen molar-refractivity contribution in [2.24, 2.45) is 0 Å². The van der Waals surface area contributed by atoms with E-state index in [1.807, 2.05) is 30.3 Å². The molecule has 0 aromatic heterocycles. The lowest BCUT2D eigenvalue weighted by atomic mass is 10.1. The Morgan fingerprint density at radius 2 is 2.14 bits per heavy atom. The molecule has 2 aliphatic heterocycles. The molecule has 3 rings (SSSR count). The molecule has 2 fully saturated rings. The van der Waals surface area contributed by atoms with Crippen LogP contribution in [0.25, 0.3) is 0 Å². The molecule has 0 saturated carbocycles. The molecule has 0 bridgehead atoms. The first-order chi connectivity index (χ1) is 10.1. The van der Waals surface area contributed by atoms with Gasteiger partial charge in [0.15, 0.2) is 0 Å². The van der Waals surface area contributed by atoms with E-state index in [9.17, 15) is 9.36 Å². The van der Waals surface area contributed by atoms with Crippen molar-refractivity contribution in [2.75, 3.05) is 19.8 Å². The Balaban J connectivity index is 1.98. The molecule has 2 aliphatic rings. The predicted molar refractivity (Wildman–Crippen MR) is 80.0 cm³/mol. The van der Waals surface area contributed by atoms with Gasteiger partial charge in [-0.05, 0) is 13.3 Å². The van der Waals surface area contributed by atoms with Crippen molar-refractivity contribution in [1.82, 2.24) is 5.06 Å². The van der Waals surface area contributed by atoms with E-state index in [0.717, 1.165) is 11.7 Å². The van der Waals surface area contributed by atoms with Gasteiger partial charge in [0.1, 0.15) is 13.2 Å². The van der Waals surface area contributed by atoms with Crippen LogP contribution in [0.2, 0.25) is 0 Å². The minimum Gasteiger partial charge on any atom is -0.465 e. The minimum atomic E-state index is -2.66. The molecule has 0 spiro atoms. The van der Waals surface area contributed by atoms with Gasteiger partial charge in [-0.15, -0.1) is 0 Å². The van der Waals surface area contributed by atoms with Gasteiger partial charge in [-0.2, -0.15) is 5.06 Å². The molecule has 1 aromatic rings. The van der Waals surface area contributed by atoms with E-state index in [4.69, 9.17) is 9.57 Å². The number of hydrogen-bond acceptors (Lipinski definition) is 5. The summed E-state index contributed by atoms with van der Waals surface area (Å²) in [6.45, 7) is 2.09. The maximum Gasteiger partial charge on any atom is 0.326 e. The molecule has 2 saturated heterocycles. The summed E-state index contributed by atoms with van der Waals surface area (Å²) >= 11 is 0. The number of esters is 1. The van der Waals surface area contributed by atoms with E-state index in [2.05, 4.69) is 0 Å². The summed E-state index contributed by atoms with van der Waals surface area (Å²) in [4.78, 5) is 18.0. The van der Waals surface area contributed by atoms with Crippen LogP contribution in [0, 0.1) is 0 Å². The standard InChI is InChI=1S/C15H20NO4P/c1-3-19-15(17)13-14-12(20-16(13)2)9-10-21(14,18)11-7-5-4-6-8-11/h4-8,12-14H,3,9-10H2,1-2H3/t12-,13+,14+,21-/m0/s1. The fraction of sp³-hybridized carbons (Fsp3) is 0.533. The van der Waals surface area contributed by atoms with Crippen molar-refractivity contribution in [3.63, 3.8) is 0 Å². The second kappa shape index (κ2) is 5.56. The summed E-state index contributed by atoms with van der Waals surface area (Å²) in [7, 11) is -0.947. The Bertz CT molecular complexity index is 576. The van der Waals surface area contributed by atoms with Crippen LogP contribution in [-0.2, 0) is 18.9 Å². The predicted octanol–water partition coefficient (Wildman–Crippen LogP) is 1.62. The number of nitrogens with zero attached hydrogens (tertiary/aromatic N) is 1. The number of hydroxylamine groups is 2. The van der Waals surface area contributed by atoms with Crippen LogP contribution < -0.4 is 5.30 Å². The monoisotopic (exact) mass is 309 g/mol. The van der Waals surface area contributed by atoms with Gasteiger partial charge in [0.05, 0.1) is 18.4 Å². The normalized spacial score (nSPS) is 35.6. The zero-order chi connectivity index (χ0) is 15.0. The van der Waals surface area contributed by atoms with E-state index >= 15 is 0 Å². The second-order valence-electron chi connectivity index (χ2n) is 5.52. The topological polar surface area (TPSA) is 55.8 Å². The number of likely N-dealkylation sites (N-methyl/N-ethyl adjacent to an activating group) is 1. The second-order valence-corrected chi connectivity index (χ2v) is 8.67. The summed E-state index contributed by atoms with van der Waals surface area (Å²) in [6, 6.07) is 8.89. The Morgan fingerprint density at radius 3 is 2.81 bits per heavy atom. The molecular formula is C15H20NO4P. The molecule has 0 radical (unpaired) electrons. The molecule has 5 nitrogen and oxygen atoms in total. The van der Waals surface area contributed by atoms with Crippen LogP contribution in [-0.4, -0.2) is 48.7 Å². The van der Waals surface area contributed by atoms with Gasteiger partial charge in [-0.1, -0.05) is 30.3 Å². The number of fused-ring (bicyclic) bond motifs is 1. The quantitative estimate of drug-likeness (QED) is 0.627. The average molecular weight is 309 g/mol. The highest BCUT2D eigenvalue weighted by Crippen LogP contribution is 2.61. The zero-order valence-electron chi connectivity index (χ0n) is 12.3. The Hall–Kier alpha value is -1.16. The Labute approximate surface area is 124 Å². The smallest absolute Gasteiger partial charge is 0.326 e. The van der Waals surface area contributed by atoms with Crippen molar-refractivity contribution in [2.45, 2.75) is 31.1 Å². The Morgan fingerprint density at radius 1 is 1.43 bits per heavy atom. The van der Waals surface area contributed by atoms with Gasteiger partial charge in [0, 0.05) is 18.5 Å². The van der Waals surface area contributed by atoms with Gasteiger partial charge < -0.3 is 9.30 Å². The lowest BCUT2D eigenvalue weighted by Gasteiger charge is -2.25. The van der Waals surface area contributed by atoms with Gasteiger partial charge in [-0.3, -0.25) is 9.63 Å². The average Bonchev–Trinajstić information content (AvgIpc) is 2.98. The Kier molecular flexibility index (Phi) is 3.91. The first kappa shape index (κ1) is 14.8. The maximum absolute atomic E-state index is 13.6. The summed E-state index contributed by atoms with van der Waals surface area (Å²) in [5.41, 5.74) is -0.302. The maximum atomic E-state index is 13.6. The molecular weight excluding hydrogens is 289 g/mol. The molecule has 0 aliphatic carbocycles. The van der Waals surface area contributed by atoms with Crippen molar-refractivity contribution < 1.29 is 18.9 Å². The highest BCUT2D eigenvalue weighted by molar-refractivity contribution is 7.72. The fourth-order valence-corrected chi connectivity index (χ4v) is 7.17. The summed E-state index contributed by atoms with van der Waals surface area (Å²) < 4.78 is 18.7. The first-order valence-corrected chi connectivity index (χ1v) is 9.24. The van der Waals surface area contributed by atoms with E-state index in [0.29, 0.717) is 12.8 Å². The van der Waals surface area contributed by atoms with Gasteiger partial charge in [0.25, 0.3) is 0 Å². The number of ether oxygens (including phenoxy) is 1. The van der Waals surface area contributed by atoms with Gasteiger partial charge in [0.2, 0.25) is 0 Å². The van der Waals surface area contributed by atoms with Crippen LogP contribution in [0.4, 0.5) is 0 Å². The molecule has 0 unspecified atom stereocenters. The zero-order valence-corrected chi connectivity index (χ0v) is 13.2. The molecule has 114 valence electrons. The van der Waals surface area contributed by atoms with Crippen molar-refractivity contribution in [3.8, 4) is 0 Å². The first-order valence-electron chi connectivity index (χ1n) is 7.28. The van der Waals surface area contributed by atoms with Gasteiger partial charge in [-0.25, -0.2) is 0 Å². The van der Waals surface area contributed by atoms with Gasteiger partial charge >= 0.3 is 5.97 Å². The molecule has 6 heteroatoms.